The van der Waals surface area contributed by atoms with Gasteiger partial charge in [0, 0.05) is 29.9 Å². The minimum atomic E-state index is -0.604. The summed E-state index contributed by atoms with van der Waals surface area (Å²) < 4.78 is 26.6. The fourth-order valence-corrected chi connectivity index (χ4v) is 6.62. The highest BCUT2D eigenvalue weighted by atomic mass is 19.1. The first kappa shape index (κ1) is 28.6. The van der Waals surface area contributed by atoms with E-state index in [1.807, 2.05) is 25.4 Å². The van der Waals surface area contributed by atoms with E-state index in [9.17, 15) is 8.78 Å². The molecular weight excluding hydrogens is 498 g/mol. The van der Waals surface area contributed by atoms with Crippen LogP contribution in [0.2, 0.25) is 0 Å². The molecule has 0 spiro atoms. The van der Waals surface area contributed by atoms with Gasteiger partial charge in [0.05, 0.1) is 19.0 Å². The maximum atomic E-state index is 13.3. The summed E-state index contributed by atoms with van der Waals surface area (Å²) in [6.45, 7) is 7.49. The fraction of sp³-hybridized carbons (Fsp3) is 0.500. The molecule has 2 aliphatic carbocycles. The minimum Gasteiger partial charge on any atom is -0.261 e. The smallest absolute Gasteiger partial charge is 0.0950 e. The van der Waals surface area contributed by atoms with Crippen LogP contribution in [0.25, 0.3) is 11.1 Å². The van der Waals surface area contributed by atoms with E-state index in [-0.39, 0.29) is 17.8 Å². The predicted octanol–water partition coefficient (Wildman–Crippen LogP) is 9.73. The largest absolute Gasteiger partial charge is 0.261 e. The highest BCUT2D eigenvalue weighted by molar-refractivity contribution is 5.92. The fourth-order valence-electron chi connectivity index (χ4n) is 6.62. The molecule has 3 aromatic rings. The number of benzene rings is 1. The summed E-state index contributed by atoms with van der Waals surface area (Å²) in [4.78, 5) is 9.86. The number of hydrogen-bond acceptors (Lipinski definition) is 2. The lowest BCUT2D eigenvalue weighted by Gasteiger charge is -2.25. The molecule has 4 heteroatoms. The molecule has 2 nitrogen and oxygen atoms in total. The Bertz CT molecular complexity index is 1290. The first-order chi connectivity index (χ1) is 19.4. The molecule has 212 valence electrons. The summed E-state index contributed by atoms with van der Waals surface area (Å²) in [6, 6.07) is 17.8. The Morgan fingerprint density at radius 1 is 0.975 bits per heavy atom. The van der Waals surface area contributed by atoms with Gasteiger partial charge in [-0.25, -0.2) is 0 Å². The third kappa shape index (κ3) is 6.06. The number of fused-ring (bicyclic) bond motifs is 1. The normalized spacial score (nSPS) is 20.8. The summed E-state index contributed by atoms with van der Waals surface area (Å²) >= 11 is 0. The van der Waals surface area contributed by atoms with Gasteiger partial charge in [-0.1, -0.05) is 64.4 Å². The maximum Gasteiger partial charge on any atom is 0.0950 e. The molecule has 1 fully saturated rings. The molecule has 0 N–H and O–H groups in total. The van der Waals surface area contributed by atoms with E-state index in [4.69, 9.17) is 9.97 Å². The predicted molar refractivity (Wildman–Crippen MR) is 162 cm³/mol. The summed E-state index contributed by atoms with van der Waals surface area (Å²) in [5.74, 6) is 0.956. The summed E-state index contributed by atoms with van der Waals surface area (Å²) in [5, 5.41) is 0. The highest BCUT2D eigenvalue weighted by Gasteiger charge is 2.33. The summed E-state index contributed by atoms with van der Waals surface area (Å²) in [6.07, 6.45) is 10.3. The summed E-state index contributed by atoms with van der Waals surface area (Å²) in [7, 11) is 0. The van der Waals surface area contributed by atoms with Crippen LogP contribution in [0.15, 0.2) is 60.9 Å². The number of nitrogens with zero attached hydrogens (tertiary/aromatic N) is 2. The zero-order valence-electron chi connectivity index (χ0n) is 24.5. The molecular formula is C36H44F2N2. The molecule has 4 unspecified atom stereocenters. The van der Waals surface area contributed by atoms with E-state index in [1.54, 1.807) is 0 Å². The van der Waals surface area contributed by atoms with Crippen LogP contribution in [0.1, 0.15) is 111 Å². The summed E-state index contributed by atoms with van der Waals surface area (Å²) in [5.41, 5.74) is 10.4. The highest BCUT2D eigenvalue weighted by Crippen LogP contribution is 2.50. The number of hydrogen-bond donors (Lipinski definition) is 0. The Morgan fingerprint density at radius 3 is 2.40 bits per heavy atom. The van der Waals surface area contributed by atoms with Crippen molar-refractivity contribution in [3.05, 3.63) is 94.6 Å². The van der Waals surface area contributed by atoms with Crippen molar-refractivity contribution < 1.29 is 8.78 Å². The lowest BCUT2D eigenvalue weighted by molar-refractivity contribution is 0.175. The second-order valence-corrected chi connectivity index (χ2v) is 12.3. The SMILES string of the molecule is CCCC1=C(c2ccc(CC(C)C(C)C(CF)CF)cn2)CC(c2ccccn2)C(C)c2cc(C3CC3)ccc21. The second kappa shape index (κ2) is 12.7. The van der Waals surface area contributed by atoms with Crippen LogP contribution in [0.3, 0.4) is 0 Å². The number of allylic oxidation sites excluding steroid dienone is 2. The molecule has 2 aromatic heterocycles. The van der Waals surface area contributed by atoms with Crippen LogP contribution in [-0.4, -0.2) is 23.3 Å². The number of halogens is 2. The van der Waals surface area contributed by atoms with Gasteiger partial charge >= 0.3 is 0 Å². The van der Waals surface area contributed by atoms with E-state index >= 15 is 0 Å². The molecule has 1 aromatic carbocycles. The Labute approximate surface area is 239 Å². The number of pyridine rings is 2. The lowest BCUT2D eigenvalue weighted by Crippen LogP contribution is -2.23. The molecule has 5 rings (SSSR count). The molecule has 2 aliphatic rings. The van der Waals surface area contributed by atoms with E-state index in [0.717, 1.165) is 48.6 Å². The van der Waals surface area contributed by atoms with Crippen LogP contribution in [0.5, 0.6) is 0 Å². The molecule has 0 radical (unpaired) electrons. The van der Waals surface area contributed by atoms with Crippen molar-refractivity contribution in [2.45, 2.75) is 84.0 Å². The standard InChI is InChI=1S/C36H44F2N2/c1-5-8-30-31-14-13-28(27-11-12-27)18-32(31)25(4)33(35-9-6-7-16-39-35)19-34(30)36-15-10-26(22-40-36)17-23(2)24(3)29(20-37)21-38/h6-7,9-10,13-16,18,22-25,27,29,33H,5,8,11-12,17,19-21H2,1-4H3. The minimum absolute atomic E-state index is 0.0203. The van der Waals surface area contributed by atoms with Crippen molar-refractivity contribution in [3.63, 3.8) is 0 Å². The van der Waals surface area contributed by atoms with Gasteiger partial charge in [-0.2, -0.15) is 0 Å². The van der Waals surface area contributed by atoms with Gasteiger partial charge < -0.3 is 0 Å². The number of alkyl halides is 2. The monoisotopic (exact) mass is 542 g/mol. The third-order valence-electron chi connectivity index (χ3n) is 9.63. The van der Waals surface area contributed by atoms with E-state index in [1.165, 1.54) is 40.7 Å². The molecule has 4 atom stereocenters. The van der Waals surface area contributed by atoms with Crippen LogP contribution in [-0.2, 0) is 6.42 Å². The van der Waals surface area contributed by atoms with Gasteiger partial charge in [-0.15, -0.1) is 0 Å². The zero-order valence-corrected chi connectivity index (χ0v) is 24.5. The molecule has 40 heavy (non-hydrogen) atoms. The van der Waals surface area contributed by atoms with Crippen molar-refractivity contribution in [3.8, 4) is 0 Å². The average molecular weight is 543 g/mol. The number of aromatic nitrogens is 2. The number of rotatable bonds is 11. The molecule has 1 saturated carbocycles. The van der Waals surface area contributed by atoms with E-state index < -0.39 is 19.3 Å². The van der Waals surface area contributed by atoms with Crippen molar-refractivity contribution in [2.24, 2.45) is 17.8 Å². The van der Waals surface area contributed by atoms with Crippen LogP contribution >= 0.6 is 0 Å². The van der Waals surface area contributed by atoms with E-state index in [2.05, 4.69) is 63.2 Å². The molecule has 0 bridgehead atoms. The van der Waals surface area contributed by atoms with Crippen molar-refractivity contribution in [2.75, 3.05) is 13.3 Å². The van der Waals surface area contributed by atoms with E-state index in [0.29, 0.717) is 5.92 Å². The van der Waals surface area contributed by atoms with Gasteiger partial charge in [0.2, 0.25) is 0 Å². The molecule has 2 heterocycles. The van der Waals surface area contributed by atoms with Gasteiger partial charge in [0.1, 0.15) is 0 Å². The van der Waals surface area contributed by atoms with Gasteiger partial charge in [0.15, 0.2) is 0 Å². The molecule has 0 amide bonds. The second-order valence-electron chi connectivity index (χ2n) is 12.3. The Hall–Kier alpha value is -2.88. The van der Waals surface area contributed by atoms with Crippen LogP contribution in [0, 0.1) is 17.8 Å². The molecule has 0 saturated heterocycles. The third-order valence-corrected chi connectivity index (χ3v) is 9.63. The first-order valence-electron chi connectivity index (χ1n) is 15.3. The average Bonchev–Trinajstić information content (AvgIpc) is 3.84. The Kier molecular flexibility index (Phi) is 9.13. The topological polar surface area (TPSA) is 25.8 Å². The van der Waals surface area contributed by atoms with Crippen LogP contribution < -0.4 is 0 Å². The zero-order chi connectivity index (χ0) is 28.2. The van der Waals surface area contributed by atoms with Crippen molar-refractivity contribution in [1.82, 2.24) is 9.97 Å². The van der Waals surface area contributed by atoms with Crippen molar-refractivity contribution >= 4 is 11.1 Å². The van der Waals surface area contributed by atoms with Crippen LogP contribution in [0.4, 0.5) is 8.78 Å². The Balaban J connectivity index is 1.53. The van der Waals surface area contributed by atoms with Gasteiger partial charge in [0.25, 0.3) is 0 Å². The first-order valence-corrected chi connectivity index (χ1v) is 15.3. The molecule has 0 aliphatic heterocycles. The van der Waals surface area contributed by atoms with Gasteiger partial charge in [-0.3, -0.25) is 18.7 Å². The van der Waals surface area contributed by atoms with Gasteiger partial charge in [-0.05, 0) is 107 Å². The Morgan fingerprint density at radius 2 is 1.77 bits per heavy atom. The van der Waals surface area contributed by atoms with Crippen molar-refractivity contribution in [1.29, 1.82) is 0 Å². The lowest BCUT2D eigenvalue weighted by atomic mass is 9.81. The maximum absolute atomic E-state index is 13.3. The quantitative estimate of drug-likeness (QED) is 0.241.